The third-order valence-corrected chi connectivity index (χ3v) is 4.74. The molecular formula is C15H18O. The highest BCUT2D eigenvalue weighted by Crippen LogP contribution is 2.70. The average Bonchev–Trinajstić information content (AvgIpc) is 2.90. The van der Waals surface area contributed by atoms with Crippen LogP contribution in [0.1, 0.15) is 37.8 Å². The molecule has 2 aliphatic carbocycles. The van der Waals surface area contributed by atoms with Gasteiger partial charge in [0.2, 0.25) is 0 Å². The van der Waals surface area contributed by atoms with Gasteiger partial charge in [-0.2, -0.15) is 0 Å². The van der Waals surface area contributed by atoms with E-state index in [4.69, 9.17) is 0 Å². The summed E-state index contributed by atoms with van der Waals surface area (Å²) in [5.74, 6) is 0.788. The average molecular weight is 214 g/mol. The summed E-state index contributed by atoms with van der Waals surface area (Å²) in [5, 5.41) is 0. The predicted octanol–water partition coefficient (Wildman–Crippen LogP) is 3.25. The molecule has 3 rings (SSSR count). The van der Waals surface area contributed by atoms with Crippen molar-refractivity contribution in [3.8, 4) is 0 Å². The minimum Gasteiger partial charge on any atom is -0.299 e. The molecule has 0 aliphatic heterocycles. The molecule has 2 fully saturated rings. The number of aryl methyl sites for hydroxylation is 1. The Morgan fingerprint density at radius 2 is 1.81 bits per heavy atom. The molecule has 1 heteroatoms. The van der Waals surface area contributed by atoms with Crippen LogP contribution < -0.4 is 0 Å². The van der Waals surface area contributed by atoms with Crippen molar-refractivity contribution >= 4 is 5.78 Å². The number of ketones is 1. The van der Waals surface area contributed by atoms with E-state index in [1.54, 1.807) is 0 Å². The van der Waals surface area contributed by atoms with Crippen LogP contribution in [0.25, 0.3) is 0 Å². The molecule has 84 valence electrons. The third-order valence-electron chi connectivity index (χ3n) is 4.74. The Morgan fingerprint density at radius 3 is 2.25 bits per heavy atom. The molecule has 16 heavy (non-hydrogen) atoms. The topological polar surface area (TPSA) is 17.1 Å². The van der Waals surface area contributed by atoms with Crippen LogP contribution in [-0.4, -0.2) is 5.78 Å². The largest absolute Gasteiger partial charge is 0.299 e. The van der Waals surface area contributed by atoms with E-state index < -0.39 is 0 Å². The van der Waals surface area contributed by atoms with E-state index in [0.29, 0.717) is 11.7 Å². The number of rotatable bonds is 1. The maximum atomic E-state index is 11.9. The molecule has 1 aromatic rings. The van der Waals surface area contributed by atoms with Crippen LogP contribution in [0.15, 0.2) is 24.3 Å². The summed E-state index contributed by atoms with van der Waals surface area (Å²) >= 11 is 0. The quantitative estimate of drug-likeness (QED) is 0.701. The summed E-state index contributed by atoms with van der Waals surface area (Å²) in [6.45, 7) is 6.60. The summed E-state index contributed by atoms with van der Waals surface area (Å²) < 4.78 is 0. The molecule has 0 unspecified atom stereocenters. The van der Waals surface area contributed by atoms with Gasteiger partial charge in [0.25, 0.3) is 0 Å². The molecule has 0 N–H and O–H groups in total. The zero-order valence-electron chi connectivity index (χ0n) is 10.2. The number of carbonyl (C=O) groups is 1. The number of fused-ring (bicyclic) bond motifs is 1. The summed E-state index contributed by atoms with van der Waals surface area (Å²) in [6, 6.07) is 8.77. The van der Waals surface area contributed by atoms with E-state index in [9.17, 15) is 4.79 Å². The zero-order valence-corrected chi connectivity index (χ0v) is 10.2. The maximum Gasteiger partial charge on any atom is 0.137 e. The lowest BCUT2D eigenvalue weighted by molar-refractivity contribution is -0.119. The molecule has 0 heterocycles. The van der Waals surface area contributed by atoms with Crippen LogP contribution in [-0.2, 0) is 10.2 Å². The first-order chi connectivity index (χ1) is 7.47. The van der Waals surface area contributed by atoms with Gasteiger partial charge in [0.1, 0.15) is 5.78 Å². The smallest absolute Gasteiger partial charge is 0.137 e. The van der Waals surface area contributed by atoms with Crippen LogP contribution in [0.3, 0.4) is 0 Å². The fraction of sp³-hybridized carbons (Fsp3) is 0.533. The van der Waals surface area contributed by atoms with E-state index in [1.807, 2.05) is 0 Å². The Hall–Kier alpha value is -1.11. The second-order valence-corrected chi connectivity index (χ2v) is 6.12. The van der Waals surface area contributed by atoms with Gasteiger partial charge in [-0.05, 0) is 24.3 Å². The van der Waals surface area contributed by atoms with Crippen LogP contribution in [0.4, 0.5) is 0 Å². The fourth-order valence-corrected chi connectivity index (χ4v) is 3.68. The first kappa shape index (κ1) is 10.1. The molecular weight excluding hydrogens is 196 g/mol. The molecule has 1 aromatic carbocycles. The van der Waals surface area contributed by atoms with E-state index in [0.717, 1.165) is 12.8 Å². The Kier molecular flexibility index (Phi) is 1.74. The molecule has 0 radical (unpaired) electrons. The normalized spacial score (nSPS) is 34.9. The number of hydrogen-bond acceptors (Lipinski definition) is 1. The highest BCUT2D eigenvalue weighted by Gasteiger charge is 2.71. The van der Waals surface area contributed by atoms with Crippen molar-refractivity contribution in [1.29, 1.82) is 0 Å². The van der Waals surface area contributed by atoms with Crippen molar-refractivity contribution in [1.82, 2.24) is 0 Å². The van der Waals surface area contributed by atoms with Gasteiger partial charge in [0, 0.05) is 17.8 Å². The van der Waals surface area contributed by atoms with Crippen molar-refractivity contribution in [3.05, 3.63) is 35.4 Å². The van der Waals surface area contributed by atoms with E-state index in [1.165, 1.54) is 11.1 Å². The van der Waals surface area contributed by atoms with Crippen LogP contribution in [0, 0.1) is 18.3 Å². The third kappa shape index (κ3) is 1.04. The highest BCUT2D eigenvalue weighted by atomic mass is 16.1. The fourth-order valence-electron chi connectivity index (χ4n) is 3.68. The molecule has 2 saturated carbocycles. The van der Waals surface area contributed by atoms with Crippen molar-refractivity contribution < 1.29 is 4.79 Å². The Bertz CT molecular complexity index is 455. The van der Waals surface area contributed by atoms with Crippen molar-refractivity contribution in [2.24, 2.45) is 11.3 Å². The Morgan fingerprint density at radius 1 is 1.19 bits per heavy atom. The van der Waals surface area contributed by atoms with Crippen molar-refractivity contribution in [3.63, 3.8) is 0 Å². The number of Topliss-reactive ketones (excluding diaryl/α,β-unsaturated/α-hetero) is 1. The van der Waals surface area contributed by atoms with E-state index >= 15 is 0 Å². The molecule has 0 amide bonds. The van der Waals surface area contributed by atoms with Gasteiger partial charge in [-0.3, -0.25) is 4.79 Å². The van der Waals surface area contributed by atoms with Gasteiger partial charge in [0.15, 0.2) is 0 Å². The molecule has 0 bridgehead atoms. The molecule has 2 aliphatic rings. The lowest BCUT2D eigenvalue weighted by Crippen LogP contribution is -2.26. The van der Waals surface area contributed by atoms with Crippen molar-refractivity contribution in [2.45, 2.75) is 39.0 Å². The second kappa shape index (κ2) is 2.77. The number of hydrogen-bond donors (Lipinski definition) is 0. The zero-order chi connectivity index (χ0) is 11.6. The molecule has 1 nitrogen and oxygen atoms in total. The standard InChI is InChI=1S/C15H18O/c1-10-4-6-11(7-5-10)15-8-12(15)13(16)9-14(15,2)3/h4-7,12H,8-9H2,1-3H3/t12-,15+/m1/s1. The SMILES string of the molecule is Cc1ccc([C@@]23C[C@@H]2C(=O)CC3(C)C)cc1. The molecule has 0 spiro atoms. The van der Waals surface area contributed by atoms with Gasteiger partial charge in [0.05, 0.1) is 0 Å². The minimum absolute atomic E-state index is 0.143. The highest BCUT2D eigenvalue weighted by molar-refractivity contribution is 5.91. The van der Waals surface area contributed by atoms with E-state index in [-0.39, 0.29) is 10.8 Å². The lowest BCUT2D eigenvalue weighted by Gasteiger charge is -2.30. The summed E-state index contributed by atoms with van der Waals surface area (Å²) in [7, 11) is 0. The summed E-state index contributed by atoms with van der Waals surface area (Å²) in [6.07, 6.45) is 1.83. The number of carbonyl (C=O) groups excluding carboxylic acids is 1. The Balaban J connectivity index is 2.08. The van der Waals surface area contributed by atoms with Gasteiger partial charge in [-0.15, -0.1) is 0 Å². The molecule has 2 atom stereocenters. The van der Waals surface area contributed by atoms with Gasteiger partial charge < -0.3 is 0 Å². The summed E-state index contributed by atoms with van der Waals surface area (Å²) in [5.41, 5.74) is 2.97. The second-order valence-electron chi connectivity index (χ2n) is 6.12. The molecule has 0 aromatic heterocycles. The van der Waals surface area contributed by atoms with Gasteiger partial charge >= 0.3 is 0 Å². The minimum atomic E-state index is 0.143. The van der Waals surface area contributed by atoms with Crippen LogP contribution in [0.2, 0.25) is 0 Å². The maximum absolute atomic E-state index is 11.9. The first-order valence-electron chi connectivity index (χ1n) is 6.07. The predicted molar refractivity (Wildman–Crippen MR) is 64.4 cm³/mol. The monoisotopic (exact) mass is 214 g/mol. The first-order valence-corrected chi connectivity index (χ1v) is 6.07. The van der Waals surface area contributed by atoms with E-state index in [2.05, 4.69) is 45.0 Å². The number of benzene rings is 1. The van der Waals surface area contributed by atoms with Crippen LogP contribution >= 0.6 is 0 Å². The van der Waals surface area contributed by atoms with Crippen LogP contribution in [0.5, 0.6) is 0 Å². The summed E-state index contributed by atoms with van der Waals surface area (Å²) in [4.78, 5) is 11.9. The van der Waals surface area contributed by atoms with Crippen molar-refractivity contribution in [2.75, 3.05) is 0 Å². The van der Waals surface area contributed by atoms with Gasteiger partial charge in [-0.25, -0.2) is 0 Å². The lowest BCUT2D eigenvalue weighted by atomic mass is 9.72. The Labute approximate surface area is 96.9 Å². The van der Waals surface area contributed by atoms with Gasteiger partial charge in [-0.1, -0.05) is 43.7 Å². The molecule has 0 saturated heterocycles.